The minimum Gasteiger partial charge on any atom is -0.389 e. The van der Waals surface area contributed by atoms with Gasteiger partial charge in [-0.1, -0.05) is 152 Å². The van der Waals surface area contributed by atoms with Crippen molar-refractivity contribution in [2.24, 2.45) is 16.7 Å². The van der Waals surface area contributed by atoms with E-state index in [-0.39, 0.29) is 16.9 Å². The summed E-state index contributed by atoms with van der Waals surface area (Å²) in [5.41, 5.74) is 9.56. The third-order valence-electron chi connectivity index (χ3n) is 8.40. The van der Waals surface area contributed by atoms with Gasteiger partial charge in [0.25, 0.3) is 0 Å². The lowest BCUT2D eigenvalue weighted by Crippen LogP contribution is -2.32. The SMILES string of the molecule is CC1=C[C@H](O)CC(C)(C)[C@H]1/C=C/C(C)=C/C=C/C(C)=C/C=C/C=C(C)/C=C/C=C(C)/C=C/C1=C(C)CCCC1(C)C. The zero-order valence-electron chi connectivity index (χ0n) is 27.6. The van der Waals surface area contributed by atoms with E-state index in [1.165, 1.54) is 52.7 Å². The number of hydrogen-bond donors (Lipinski definition) is 1. The molecule has 0 amide bonds. The van der Waals surface area contributed by atoms with Crippen LogP contribution in [0.2, 0.25) is 0 Å². The first-order valence-corrected chi connectivity index (χ1v) is 15.4. The summed E-state index contributed by atoms with van der Waals surface area (Å²) in [5.74, 6) is 0.356. The molecule has 0 radical (unpaired) electrons. The molecule has 0 saturated carbocycles. The van der Waals surface area contributed by atoms with Crippen molar-refractivity contribution in [2.45, 2.75) is 101 Å². The van der Waals surface area contributed by atoms with Gasteiger partial charge in [-0.05, 0) is 83.6 Å². The van der Waals surface area contributed by atoms with Gasteiger partial charge in [0.2, 0.25) is 0 Å². The molecule has 0 fully saturated rings. The molecule has 0 bridgehead atoms. The van der Waals surface area contributed by atoms with Gasteiger partial charge in [0.15, 0.2) is 0 Å². The van der Waals surface area contributed by atoms with E-state index in [4.69, 9.17) is 0 Å². The molecule has 0 aliphatic heterocycles. The average molecular weight is 553 g/mol. The fraction of sp³-hybridized carbons (Fsp3) is 0.450. The van der Waals surface area contributed by atoms with E-state index in [1.54, 1.807) is 5.57 Å². The summed E-state index contributed by atoms with van der Waals surface area (Å²) in [7, 11) is 0. The summed E-state index contributed by atoms with van der Waals surface area (Å²) in [5, 5.41) is 10.1. The largest absolute Gasteiger partial charge is 0.389 e. The second-order valence-electron chi connectivity index (χ2n) is 13.5. The lowest BCUT2D eigenvalue weighted by molar-refractivity contribution is 0.117. The van der Waals surface area contributed by atoms with Crippen LogP contribution >= 0.6 is 0 Å². The second-order valence-corrected chi connectivity index (χ2v) is 13.5. The van der Waals surface area contributed by atoms with Crippen molar-refractivity contribution in [2.75, 3.05) is 0 Å². The number of hydrogen-bond acceptors (Lipinski definition) is 1. The van der Waals surface area contributed by atoms with Crippen molar-refractivity contribution in [3.63, 3.8) is 0 Å². The van der Waals surface area contributed by atoms with Crippen LogP contribution in [-0.4, -0.2) is 11.2 Å². The van der Waals surface area contributed by atoms with Crippen LogP contribution in [0.1, 0.15) is 94.9 Å². The second kappa shape index (κ2) is 15.9. The minimum atomic E-state index is -0.325. The van der Waals surface area contributed by atoms with E-state index in [0.29, 0.717) is 5.92 Å². The van der Waals surface area contributed by atoms with Gasteiger partial charge in [-0.25, -0.2) is 0 Å². The first kappa shape index (κ1) is 34.3. The third kappa shape index (κ3) is 11.9. The van der Waals surface area contributed by atoms with Crippen molar-refractivity contribution in [1.82, 2.24) is 0 Å². The highest BCUT2D eigenvalue weighted by Crippen LogP contribution is 2.42. The molecule has 1 N–H and O–H groups in total. The normalized spacial score (nSPS) is 25.1. The van der Waals surface area contributed by atoms with Crippen molar-refractivity contribution in [1.29, 1.82) is 0 Å². The summed E-state index contributed by atoms with van der Waals surface area (Å²) < 4.78 is 0. The van der Waals surface area contributed by atoms with Crippen LogP contribution in [0.5, 0.6) is 0 Å². The van der Waals surface area contributed by atoms with Crippen molar-refractivity contribution in [3.05, 3.63) is 130 Å². The highest BCUT2D eigenvalue weighted by Gasteiger charge is 2.34. The molecule has 2 atom stereocenters. The van der Waals surface area contributed by atoms with E-state index in [9.17, 15) is 5.11 Å². The summed E-state index contributed by atoms with van der Waals surface area (Å²) in [6.07, 6.45) is 36.7. The van der Waals surface area contributed by atoms with Gasteiger partial charge in [-0.3, -0.25) is 0 Å². The van der Waals surface area contributed by atoms with Crippen molar-refractivity contribution < 1.29 is 5.11 Å². The van der Waals surface area contributed by atoms with Gasteiger partial charge in [0.1, 0.15) is 0 Å². The van der Waals surface area contributed by atoms with Crippen LogP contribution in [0.3, 0.4) is 0 Å². The Bertz CT molecular complexity index is 1240. The molecule has 0 spiro atoms. The fourth-order valence-corrected chi connectivity index (χ4v) is 5.97. The lowest BCUT2D eigenvalue weighted by atomic mass is 9.67. The Balaban J connectivity index is 1.89. The van der Waals surface area contributed by atoms with Gasteiger partial charge < -0.3 is 5.11 Å². The molecular weight excluding hydrogens is 496 g/mol. The summed E-state index contributed by atoms with van der Waals surface area (Å²) in [6.45, 7) is 22.2. The number of allylic oxidation sites excluding steroid dienone is 21. The van der Waals surface area contributed by atoms with E-state index < -0.39 is 0 Å². The lowest BCUT2D eigenvalue weighted by Gasteiger charge is -2.38. The average Bonchev–Trinajstić information content (AvgIpc) is 2.84. The molecular formula is C40H56O. The molecule has 0 aromatic rings. The van der Waals surface area contributed by atoms with Crippen LogP contribution in [0.25, 0.3) is 0 Å². The van der Waals surface area contributed by atoms with Crippen LogP contribution in [0.4, 0.5) is 0 Å². The van der Waals surface area contributed by atoms with Gasteiger partial charge in [-0.15, -0.1) is 0 Å². The van der Waals surface area contributed by atoms with Gasteiger partial charge in [0.05, 0.1) is 6.10 Å². The predicted molar refractivity (Wildman–Crippen MR) is 183 cm³/mol. The molecule has 2 aliphatic rings. The molecule has 0 aromatic carbocycles. The maximum Gasteiger partial charge on any atom is 0.0729 e. The third-order valence-corrected chi connectivity index (χ3v) is 8.40. The molecule has 2 aliphatic carbocycles. The monoisotopic (exact) mass is 552 g/mol. The van der Waals surface area contributed by atoms with Crippen LogP contribution < -0.4 is 0 Å². The molecule has 2 rings (SSSR count). The molecule has 0 saturated heterocycles. The van der Waals surface area contributed by atoms with Gasteiger partial charge >= 0.3 is 0 Å². The van der Waals surface area contributed by atoms with Gasteiger partial charge in [-0.2, -0.15) is 0 Å². The van der Waals surface area contributed by atoms with Crippen LogP contribution in [0.15, 0.2) is 130 Å². The number of aliphatic hydroxyl groups is 1. The summed E-state index contributed by atoms with van der Waals surface area (Å²) in [6, 6.07) is 0. The van der Waals surface area contributed by atoms with E-state index in [0.717, 1.165) is 6.42 Å². The Hall–Kier alpha value is -2.90. The van der Waals surface area contributed by atoms with Crippen molar-refractivity contribution in [3.8, 4) is 0 Å². The fourth-order valence-electron chi connectivity index (χ4n) is 5.97. The Morgan fingerprint density at radius 1 is 0.756 bits per heavy atom. The summed E-state index contributed by atoms with van der Waals surface area (Å²) >= 11 is 0. The van der Waals surface area contributed by atoms with Crippen LogP contribution in [-0.2, 0) is 0 Å². The zero-order chi connectivity index (χ0) is 30.6. The quantitative estimate of drug-likeness (QED) is 0.211. The maximum absolute atomic E-state index is 10.1. The maximum atomic E-state index is 10.1. The highest BCUT2D eigenvalue weighted by molar-refractivity contribution is 5.37. The zero-order valence-corrected chi connectivity index (χ0v) is 27.6. The van der Waals surface area contributed by atoms with Crippen molar-refractivity contribution >= 4 is 0 Å². The topological polar surface area (TPSA) is 20.2 Å². The predicted octanol–water partition coefficient (Wildman–Crippen LogP) is 11.4. The first-order chi connectivity index (χ1) is 19.2. The Labute approximate surface area is 252 Å². The van der Waals surface area contributed by atoms with E-state index in [1.807, 2.05) is 6.08 Å². The summed E-state index contributed by atoms with van der Waals surface area (Å²) in [4.78, 5) is 0. The molecule has 0 unspecified atom stereocenters. The smallest absolute Gasteiger partial charge is 0.0729 e. The van der Waals surface area contributed by atoms with E-state index in [2.05, 4.69) is 154 Å². The Morgan fingerprint density at radius 2 is 1.27 bits per heavy atom. The highest BCUT2D eigenvalue weighted by atomic mass is 16.3. The number of aliphatic hydroxyl groups excluding tert-OH is 1. The van der Waals surface area contributed by atoms with E-state index >= 15 is 0 Å². The standard InChI is InChI=1S/C40H56O/c1-30(18-13-20-32(3)23-25-37-34(5)22-15-27-39(37,7)8)16-11-12-17-31(2)19-14-21-33(4)24-26-38-35(6)28-36(41)29-40(38,9)10/h11-14,16-21,23-26,28,36,38,41H,15,22,27,29H2,1-10H3/b12-11+,18-13+,19-14+,25-23+,26-24+,30-16+,31-17+,32-20+,33-21+/t36-,38-/m0/s1. The molecule has 0 heterocycles. The molecule has 41 heavy (non-hydrogen) atoms. The van der Waals surface area contributed by atoms with Crippen LogP contribution in [0, 0.1) is 16.7 Å². The van der Waals surface area contributed by atoms with Gasteiger partial charge in [0, 0.05) is 5.92 Å². The molecule has 1 nitrogen and oxygen atoms in total. The molecule has 222 valence electrons. The Morgan fingerprint density at radius 3 is 1.80 bits per heavy atom. The molecule has 0 aromatic heterocycles. The number of rotatable bonds is 10. The molecule has 1 heteroatoms. The minimum absolute atomic E-state index is 0.0649. The Kier molecular flexibility index (Phi) is 13.3. The first-order valence-electron chi connectivity index (χ1n) is 15.4.